The van der Waals surface area contributed by atoms with E-state index in [1.807, 2.05) is 32.9 Å². The molecule has 1 aliphatic heterocycles. The van der Waals surface area contributed by atoms with Gasteiger partial charge >= 0.3 is 5.97 Å². The summed E-state index contributed by atoms with van der Waals surface area (Å²) in [4.78, 5) is 38.6. The lowest BCUT2D eigenvalue weighted by atomic mass is 10.1. The number of carbonyl (C=O) groups is 3. The van der Waals surface area contributed by atoms with E-state index in [0.29, 0.717) is 16.4 Å². The third-order valence-corrected chi connectivity index (χ3v) is 6.38. The van der Waals surface area contributed by atoms with Crippen LogP contribution in [0.4, 0.5) is 11.4 Å². The number of anilines is 2. The molecule has 0 bridgehead atoms. The topological polar surface area (TPSA) is 75.7 Å². The predicted molar refractivity (Wildman–Crippen MR) is 120 cm³/mol. The summed E-state index contributed by atoms with van der Waals surface area (Å²) < 4.78 is 6.13. The molecule has 158 valence electrons. The molecule has 0 spiro atoms. The molecule has 3 rings (SSSR count). The minimum absolute atomic E-state index is 0.0391. The number of benzene rings is 2. The zero-order valence-electron chi connectivity index (χ0n) is 16.9. The van der Waals surface area contributed by atoms with Crippen LogP contribution in [0.5, 0.6) is 0 Å². The highest BCUT2D eigenvalue weighted by atomic mass is 79.9. The Bertz CT molecular complexity index is 1020. The summed E-state index contributed by atoms with van der Waals surface area (Å²) in [5.41, 5.74) is 3.99. The summed E-state index contributed by atoms with van der Waals surface area (Å²) >= 11 is 9.59. The number of amides is 2. The first-order valence-electron chi connectivity index (χ1n) is 9.46. The number of hydrogen-bond donors (Lipinski definition) is 1. The van der Waals surface area contributed by atoms with Crippen molar-refractivity contribution in [3.8, 4) is 0 Å². The zero-order chi connectivity index (χ0) is 22.0. The molecule has 1 N–H and O–H groups in total. The van der Waals surface area contributed by atoms with Crippen molar-refractivity contribution in [1.82, 2.24) is 0 Å². The van der Waals surface area contributed by atoms with Crippen molar-refractivity contribution in [1.29, 1.82) is 0 Å². The molecule has 0 aromatic heterocycles. The average Bonchev–Trinajstić information content (AvgIpc) is 3.08. The van der Waals surface area contributed by atoms with Crippen LogP contribution >= 0.6 is 27.5 Å². The number of hydrogen-bond acceptors (Lipinski definition) is 4. The number of halogens is 2. The van der Waals surface area contributed by atoms with Crippen molar-refractivity contribution >= 4 is 56.7 Å². The Hall–Kier alpha value is -2.38. The molecule has 8 heteroatoms. The normalized spacial score (nSPS) is 16.0. The lowest BCUT2D eigenvalue weighted by Gasteiger charge is -2.19. The van der Waals surface area contributed by atoms with Crippen molar-refractivity contribution < 1.29 is 19.1 Å². The Morgan fingerprint density at radius 1 is 1.23 bits per heavy atom. The van der Waals surface area contributed by atoms with E-state index in [2.05, 4.69) is 21.2 Å². The van der Waals surface area contributed by atoms with E-state index in [-0.39, 0.29) is 18.9 Å². The second-order valence-electron chi connectivity index (χ2n) is 7.36. The van der Waals surface area contributed by atoms with Gasteiger partial charge in [0.15, 0.2) is 6.61 Å². The molecule has 2 aromatic carbocycles. The predicted octanol–water partition coefficient (Wildman–Crippen LogP) is 4.56. The zero-order valence-corrected chi connectivity index (χ0v) is 19.3. The van der Waals surface area contributed by atoms with E-state index >= 15 is 0 Å². The van der Waals surface area contributed by atoms with E-state index in [9.17, 15) is 14.4 Å². The fraction of sp³-hybridized carbons (Fsp3) is 0.318. The lowest BCUT2D eigenvalue weighted by Crippen LogP contribution is -2.28. The molecule has 1 aliphatic rings. The van der Waals surface area contributed by atoms with Gasteiger partial charge in [0.1, 0.15) is 0 Å². The van der Waals surface area contributed by atoms with Crippen molar-refractivity contribution in [2.45, 2.75) is 27.2 Å². The number of ether oxygens (including phenoxy) is 1. The summed E-state index contributed by atoms with van der Waals surface area (Å²) in [5.74, 6) is -1.79. The van der Waals surface area contributed by atoms with Gasteiger partial charge in [0, 0.05) is 33.8 Å². The maximum Gasteiger partial charge on any atom is 0.311 e. The van der Waals surface area contributed by atoms with Gasteiger partial charge in [0.25, 0.3) is 5.91 Å². The fourth-order valence-corrected chi connectivity index (χ4v) is 3.97. The number of nitrogens with one attached hydrogen (secondary N) is 1. The molecular weight excluding hydrogens is 472 g/mol. The lowest BCUT2D eigenvalue weighted by molar-refractivity contribution is -0.151. The third kappa shape index (κ3) is 4.84. The molecule has 0 radical (unpaired) electrons. The van der Waals surface area contributed by atoms with E-state index in [4.69, 9.17) is 16.3 Å². The van der Waals surface area contributed by atoms with E-state index in [1.165, 1.54) is 0 Å². The van der Waals surface area contributed by atoms with Gasteiger partial charge in [-0.15, -0.1) is 0 Å². The van der Waals surface area contributed by atoms with Crippen LogP contribution in [0, 0.1) is 26.7 Å². The first-order chi connectivity index (χ1) is 14.2. The molecule has 0 saturated carbocycles. The molecular formula is C22H22BrClN2O4. The highest BCUT2D eigenvalue weighted by Gasteiger charge is 2.37. The number of nitrogens with zero attached hydrogens (tertiary/aromatic N) is 1. The van der Waals surface area contributed by atoms with Crippen LogP contribution in [0.25, 0.3) is 0 Å². The van der Waals surface area contributed by atoms with Crippen LogP contribution in [-0.2, 0) is 19.1 Å². The van der Waals surface area contributed by atoms with E-state index in [0.717, 1.165) is 21.2 Å². The third-order valence-electron chi connectivity index (χ3n) is 5.11. The number of rotatable bonds is 5. The molecule has 0 unspecified atom stereocenters. The molecule has 2 amide bonds. The monoisotopic (exact) mass is 492 g/mol. The van der Waals surface area contributed by atoms with Gasteiger partial charge < -0.3 is 15.0 Å². The highest BCUT2D eigenvalue weighted by Crippen LogP contribution is 2.32. The van der Waals surface area contributed by atoms with Crippen LogP contribution in [0.3, 0.4) is 0 Å². The summed E-state index contributed by atoms with van der Waals surface area (Å²) in [6, 6.07) is 9.07. The van der Waals surface area contributed by atoms with Gasteiger partial charge in [0.2, 0.25) is 5.91 Å². The van der Waals surface area contributed by atoms with Crippen LogP contribution in [0.1, 0.15) is 23.1 Å². The second kappa shape index (κ2) is 9.18. The minimum Gasteiger partial charge on any atom is -0.455 e. The number of esters is 1. The SMILES string of the molecule is Cc1cc(NC(=O)COC(=O)[C@H]2CC(=O)N(c3cccc(Cl)c3C)C2)c(C)cc1Br. The average molecular weight is 494 g/mol. The summed E-state index contributed by atoms with van der Waals surface area (Å²) in [7, 11) is 0. The highest BCUT2D eigenvalue weighted by molar-refractivity contribution is 9.10. The molecule has 0 aliphatic carbocycles. The van der Waals surface area contributed by atoms with Gasteiger partial charge in [-0.2, -0.15) is 0 Å². The standard InChI is InChI=1S/C22H22BrClN2O4/c1-12-8-18(13(2)7-16(12)23)25-20(27)11-30-22(29)15-9-21(28)26(10-15)19-6-4-5-17(24)14(19)3/h4-8,15H,9-11H2,1-3H3,(H,25,27)/t15-/m0/s1. The Balaban J connectivity index is 1.58. The first-order valence-corrected chi connectivity index (χ1v) is 10.6. The fourth-order valence-electron chi connectivity index (χ4n) is 3.34. The van der Waals surface area contributed by atoms with Gasteiger partial charge in [-0.1, -0.05) is 33.6 Å². The molecule has 2 aromatic rings. The number of aryl methyl sites for hydroxylation is 2. The molecule has 6 nitrogen and oxygen atoms in total. The Morgan fingerprint density at radius 3 is 2.70 bits per heavy atom. The Kier molecular flexibility index (Phi) is 6.83. The number of carbonyl (C=O) groups excluding carboxylic acids is 3. The van der Waals surface area contributed by atoms with E-state index < -0.39 is 24.4 Å². The molecule has 1 saturated heterocycles. The summed E-state index contributed by atoms with van der Waals surface area (Å²) in [6.07, 6.45) is 0.0391. The van der Waals surface area contributed by atoms with Crippen LogP contribution in [0.2, 0.25) is 5.02 Å². The van der Waals surface area contributed by atoms with Crippen LogP contribution in [0.15, 0.2) is 34.8 Å². The van der Waals surface area contributed by atoms with Crippen molar-refractivity contribution in [3.05, 3.63) is 56.5 Å². The van der Waals surface area contributed by atoms with Crippen molar-refractivity contribution in [2.75, 3.05) is 23.4 Å². The van der Waals surface area contributed by atoms with Crippen molar-refractivity contribution in [3.63, 3.8) is 0 Å². The maximum absolute atomic E-state index is 12.4. The van der Waals surface area contributed by atoms with Gasteiger partial charge in [-0.05, 0) is 61.7 Å². The first kappa shape index (κ1) is 22.3. The van der Waals surface area contributed by atoms with Crippen LogP contribution in [-0.4, -0.2) is 30.9 Å². The maximum atomic E-state index is 12.4. The van der Waals surface area contributed by atoms with Gasteiger partial charge in [-0.3, -0.25) is 14.4 Å². The molecule has 1 fully saturated rings. The Labute approximate surface area is 188 Å². The minimum atomic E-state index is -0.625. The largest absolute Gasteiger partial charge is 0.455 e. The Morgan fingerprint density at radius 2 is 1.97 bits per heavy atom. The van der Waals surface area contributed by atoms with E-state index in [1.54, 1.807) is 23.1 Å². The van der Waals surface area contributed by atoms with Crippen molar-refractivity contribution in [2.24, 2.45) is 5.92 Å². The van der Waals surface area contributed by atoms with Gasteiger partial charge in [-0.25, -0.2) is 0 Å². The van der Waals surface area contributed by atoms with Gasteiger partial charge in [0.05, 0.1) is 5.92 Å². The summed E-state index contributed by atoms with van der Waals surface area (Å²) in [6.45, 7) is 5.42. The van der Waals surface area contributed by atoms with Crippen LogP contribution < -0.4 is 10.2 Å². The second-order valence-corrected chi connectivity index (χ2v) is 8.62. The molecule has 1 atom stereocenters. The smallest absolute Gasteiger partial charge is 0.311 e. The quantitative estimate of drug-likeness (QED) is 0.620. The summed E-state index contributed by atoms with van der Waals surface area (Å²) in [5, 5.41) is 3.31. The molecule has 1 heterocycles. The molecule has 30 heavy (non-hydrogen) atoms.